The van der Waals surface area contributed by atoms with Crippen LogP contribution in [0, 0.1) is 6.07 Å². The Labute approximate surface area is 113 Å². The van der Waals surface area contributed by atoms with Crippen LogP contribution in [0.4, 0.5) is 0 Å². The topological polar surface area (TPSA) is 64.1 Å². The van der Waals surface area contributed by atoms with Crippen molar-refractivity contribution in [2.75, 3.05) is 0 Å². The Morgan fingerprint density at radius 1 is 1.42 bits per heavy atom. The first-order valence-corrected chi connectivity index (χ1v) is 6.44. The summed E-state index contributed by atoms with van der Waals surface area (Å²) < 4.78 is 1.93. The summed E-state index contributed by atoms with van der Waals surface area (Å²) in [5.41, 5.74) is 7.88. The molecule has 0 amide bonds. The Hall–Kier alpha value is -1.65. The van der Waals surface area contributed by atoms with E-state index in [0.717, 1.165) is 23.4 Å². The summed E-state index contributed by atoms with van der Waals surface area (Å²) in [5.74, 6) is 0. The lowest BCUT2D eigenvalue weighted by Crippen LogP contribution is -2.19. The molecule has 0 saturated heterocycles. The van der Waals surface area contributed by atoms with Crippen LogP contribution in [0.5, 0.6) is 0 Å². The van der Waals surface area contributed by atoms with Crippen LogP contribution in [0.1, 0.15) is 31.5 Å². The van der Waals surface area contributed by atoms with Gasteiger partial charge in [0.25, 0.3) is 0 Å². The smallest absolute Gasteiger partial charge is 0.0995 e. The van der Waals surface area contributed by atoms with Crippen LogP contribution in [0.2, 0.25) is 0 Å². The summed E-state index contributed by atoms with van der Waals surface area (Å²) in [6.45, 7) is 4.14. The van der Waals surface area contributed by atoms with Crippen molar-refractivity contribution < 1.29 is 5.11 Å². The molecule has 4 nitrogen and oxygen atoms in total. The molecule has 0 aliphatic heterocycles. The third-order valence-electron chi connectivity index (χ3n) is 3.00. The molecule has 2 rings (SSSR count). The van der Waals surface area contributed by atoms with Gasteiger partial charge in [-0.15, -0.1) is 0 Å². The first kappa shape index (κ1) is 13.8. The molecule has 4 heteroatoms. The molecule has 0 saturated carbocycles. The van der Waals surface area contributed by atoms with Crippen molar-refractivity contribution in [3.8, 4) is 5.69 Å². The van der Waals surface area contributed by atoms with E-state index in [9.17, 15) is 5.11 Å². The van der Waals surface area contributed by atoms with Crippen molar-refractivity contribution in [2.45, 2.75) is 38.8 Å². The predicted octanol–water partition coefficient (Wildman–Crippen LogP) is 1.83. The molecule has 0 bridgehead atoms. The van der Waals surface area contributed by atoms with Crippen molar-refractivity contribution in [3.05, 3.63) is 48.0 Å². The molecule has 1 radical (unpaired) electrons. The van der Waals surface area contributed by atoms with E-state index in [1.165, 1.54) is 0 Å². The molecule has 19 heavy (non-hydrogen) atoms. The monoisotopic (exact) mass is 258 g/mol. The minimum absolute atomic E-state index is 0.525. The maximum Gasteiger partial charge on any atom is 0.0995 e. The Bertz CT molecular complexity index is 523. The zero-order valence-electron chi connectivity index (χ0n) is 11.4. The van der Waals surface area contributed by atoms with Crippen LogP contribution in [-0.2, 0) is 13.0 Å². The van der Waals surface area contributed by atoms with E-state index in [1.54, 1.807) is 6.33 Å². The number of nitrogens with two attached hydrogens (primary N) is 1. The third kappa shape index (κ3) is 3.91. The number of benzene rings is 1. The van der Waals surface area contributed by atoms with Crippen molar-refractivity contribution >= 4 is 0 Å². The summed E-state index contributed by atoms with van der Waals surface area (Å²) >= 11 is 0. The molecular formula is C15H20N3O. The highest BCUT2D eigenvalue weighted by atomic mass is 16.3. The summed E-state index contributed by atoms with van der Waals surface area (Å²) in [6.07, 6.45) is 5.20. The third-order valence-corrected chi connectivity index (χ3v) is 3.00. The number of aryl methyl sites for hydroxylation is 1. The molecule has 0 unspecified atom stereocenters. The average molecular weight is 258 g/mol. The number of hydrogen-bond acceptors (Lipinski definition) is 3. The van der Waals surface area contributed by atoms with E-state index in [-0.39, 0.29) is 0 Å². The highest BCUT2D eigenvalue weighted by Crippen LogP contribution is 2.14. The SMILES string of the molecule is CC(C)(O)CCc1cn(-c2[c]cc(CN)cc2)cn1. The second-order valence-electron chi connectivity index (χ2n) is 5.37. The van der Waals surface area contributed by atoms with Gasteiger partial charge in [-0.3, -0.25) is 0 Å². The van der Waals surface area contributed by atoms with E-state index in [2.05, 4.69) is 11.1 Å². The average Bonchev–Trinajstić information content (AvgIpc) is 2.84. The minimum Gasteiger partial charge on any atom is -0.390 e. The number of hydrogen-bond donors (Lipinski definition) is 2. The maximum absolute atomic E-state index is 9.71. The maximum atomic E-state index is 9.71. The second kappa shape index (κ2) is 5.55. The van der Waals surface area contributed by atoms with Gasteiger partial charge in [0, 0.05) is 18.8 Å². The highest BCUT2D eigenvalue weighted by molar-refractivity contribution is 5.33. The van der Waals surface area contributed by atoms with Crippen LogP contribution < -0.4 is 5.73 Å². The lowest BCUT2D eigenvalue weighted by atomic mass is 10.0. The molecule has 0 aliphatic rings. The number of nitrogens with zero attached hydrogens (tertiary/aromatic N) is 2. The fraction of sp³-hybridized carbons (Fsp3) is 0.400. The molecule has 1 heterocycles. The van der Waals surface area contributed by atoms with Gasteiger partial charge in [-0.1, -0.05) is 6.07 Å². The van der Waals surface area contributed by atoms with Crippen LogP contribution in [0.3, 0.4) is 0 Å². The molecule has 0 aliphatic carbocycles. The normalized spacial score (nSPS) is 11.8. The lowest BCUT2D eigenvalue weighted by molar-refractivity contribution is 0.0711. The number of rotatable bonds is 5. The number of aliphatic hydroxyl groups is 1. The van der Waals surface area contributed by atoms with Gasteiger partial charge in [-0.25, -0.2) is 4.98 Å². The van der Waals surface area contributed by atoms with Gasteiger partial charge in [0.15, 0.2) is 0 Å². The van der Waals surface area contributed by atoms with E-state index in [1.807, 2.05) is 42.8 Å². The van der Waals surface area contributed by atoms with Crippen LogP contribution in [0.15, 0.2) is 30.7 Å². The summed E-state index contributed by atoms with van der Waals surface area (Å²) in [5, 5.41) is 9.71. The predicted molar refractivity (Wildman–Crippen MR) is 74.9 cm³/mol. The molecule has 3 N–H and O–H groups in total. The molecule has 1 aromatic heterocycles. The summed E-state index contributed by atoms with van der Waals surface area (Å²) in [7, 11) is 0. The fourth-order valence-corrected chi connectivity index (χ4v) is 1.79. The van der Waals surface area contributed by atoms with Crippen molar-refractivity contribution in [1.82, 2.24) is 9.55 Å². The summed E-state index contributed by atoms with van der Waals surface area (Å²) in [4.78, 5) is 4.35. The number of aromatic nitrogens is 2. The quantitative estimate of drug-likeness (QED) is 0.860. The zero-order valence-corrected chi connectivity index (χ0v) is 11.4. The molecule has 0 fully saturated rings. The van der Waals surface area contributed by atoms with Gasteiger partial charge in [-0.05, 0) is 44.4 Å². The van der Waals surface area contributed by atoms with Gasteiger partial charge in [0.1, 0.15) is 0 Å². The van der Waals surface area contributed by atoms with Crippen molar-refractivity contribution in [1.29, 1.82) is 0 Å². The first-order chi connectivity index (χ1) is 8.98. The van der Waals surface area contributed by atoms with Gasteiger partial charge in [0.2, 0.25) is 0 Å². The zero-order chi connectivity index (χ0) is 13.9. The largest absolute Gasteiger partial charge is 0.390 e. The lowest BCUT2D eigenvalue weighted by Gasteiger charge is -2.15. The molecule has 0 atom stereocenters. The minimum atomic E-state index is -0.654. The standard InChI is InChI=1S/C15H20N3O/c1-15(2,19)8-7-13-10-18(11-17-13)14-5-3-12(9-16)4-6-14/h3-5,10-11,19H,7-9,16H2,1-2H3. The van der Waals surface area contributed by atoms with Gasteiger partial charge in [0.05, 0.1) is 23.3 Å². The molecule has 0 spiro atoms. The van der Waals surface area contributed by atoms with Crippen LogP contribution in [-0.4, -0.2) is 20.3 Å². The first-order valence-electron chi connectivity index (χ1n) is 6.44. The van der Waals surface area contributed by atoms with Crippen LogP contribution >= 0.6 is 0 Å². The Kier molecular flexibility index (Phi) is 4.02. The van der Waals surface area contributed by atoms with E-state index in [4.69, 9.17) is 5.73 Å². The fourth-order valence-electron chi connectivity index (χ4n) is 1.79. The van der Waals surface area contributed by atoms with E-state index < -0.39 is 5.60 Å². The second-order valence-corrected chi connectivity index (χ2v) is 5.37. The van der Waals surface area contributed by atoms with Gasteiger partial charge >= 0.3 is 0 Å². The molecule has 101 valence electrons. The highest BCUT2D eigenvalue weighted by Gasteiger charge is 2.13. The molecular weight excluding hydrogens is 238 g/mol. The van der Waals surface area contributed by atoms with Crippen molar-refractivity contribution in [2.24, 2.45) is 5.73 Å². The van der Waals surface area contributed by atoms with E-state index >= 15 is 0 Å². The number of imidazole rings is 1. The van der Waals surface area contributed by atoms with E-state index in [0.29, 0.717) is 13.0 Å². The summed E-state index contributed by atoms with van der Waals surface area (Å²) in [6, 6.07) is 9.04. The Morgan fingerprint density at radius 2 is 2.21 bits per heavy atom. The van der Waals surface area contributed by atoms with Crippen LogP contribution in [0.25, 0.3) is 5.69 Å². The Balaban J connectivity index is 2.07. The van der Waals surface area contributed by atoms with Gasteiger partial charge in [-0.2, -0.15) is 0 Å². The Morgan fingerprint density at radius 3 is 2.79 bits per heavy atom. The van der Waals surface area contributed by atoms with Crippen molar-refractivity contribution in [3.63, 3.8) is 0 Å². The molecule has 2 aromatic rings. The van der Waals surface area contributed by atoms with Gasteiger partial charge < -0.3 is 15.4 Å². The molecule has 1 aromatic carbocycles.